The lowest BCUT2D eigenvalue weighted by Gasteiger charge is -2.38. The molecule has 20 nitrogen and oxygen atoms in total. The Morgan fingerprint density at radius 1 is 0.824 bits per heavy atom. The van der Waals surface area contributed by atoms with Gasteiger partial charge in [-0.15, -0.1) is 0 Å². The minimum Gasteiger partial charge on any atom is -0.444 e. The molecule has 0 unspecified atom stereocenters. The van der Waals surface area contributed by atoms with E-state index >= 15 is 0 Å². The van der Waals surface area contributed by atoms with E-state index in [-0.39, 0.29) is 31.1 Å². The third kappa shape index (κ3) is 15.0. The molecule has 68 heavy (non-hydrogen) atoms. The number of nitrogens with zero attached hydrogens (tertiary/aromatic N) is 5. The molecular formula is C48H70N10O10. The van der Waals surface area contributed by atoms with Crippen molar-refractivity contribution in [2.45, 2.75) is 129 Å². The van der Waals surface area contributed by atoms with Gasteiger partial charge in [0, 0.05) is 46.6 Å². The smallest absolute Gasteiger partial charge is 0.410 e. The molecule has 20 heteroatoms. The number of ketones is 1. The van der Waals surface area contributed by atoms with Crippen LogP contribution >= 0.6 is 0 Å². The fourth-order valence-corrected chi connectivity index (χ4v) is 8.30. The molecule has 1 aliphatic carbocycles. The molecule has 1 aliphatic heterocycles. The number of likely N-dealkylation sites (N-methyl/N-ethyl adjacent to an activating group) is 2. The fourth-order valence-electron chi connectivity index (χ4n) is 8.30. The van der Waals surface area contributed by atoms with Crippen LogP contribution < -0.4 is 26.6 Å². The lowest BCUT2D eigenvalue weighted by molar-refractivity contribution is -0.143. The van der Waals surface area contributed by atoms with Crippen LogP contribution in [-0.4, -0.2) is 148 Å². The van der Waals surface area contributed by atoms with Crippen LogP contribution in [0.1, 0.15) is 116 Å². The van der Waals surface area contributed by atoms with E-state index < -0.39 is 107 Å². The summed E-state index contributed by atoms with van der Waals surface area (Å²) in [7, 11) is 4.54. The minimum atomic E-state index is -1.35. The lowest BCUT2D eigenvalue weighted by Crippen LogP contribution is -2.61. The van der Waals surface area contributed by atoms with E-state index in [9.17, 15) is 43.2 Å². The molecule has 1 saturated heterocycles. The van der Waals surface area contributed by atoms with Crippen LogP contribution in [0.15, 0.2) is 48.9 Å². The average Bonchev–Trinajstić information content (AvgIpc) is 3.76. The summed E-state index contributed by atoms with van der Waals surface area (Å²) < 4.78 is 5.64. The van der Waals surface area contributed by atoms with Crippen molar-refractivity contribution in [1.82, 2.24) is 51.3 Å². The first-order chi connectivity index (χ1) is 31.9. The largest absolute Gasteiger partial charge is 0.444 e. The van der Waals surface area contributed by atoms with E-state index in [1.165, 1.54) is 54.4 Å². The highest BCUT2D eigenvalue weighted by Crippen LogP contribution is 2.30. The SMILES string of the molecule is CCC[C@H](NC(=O)[C@@H]1CN(C(=O)OC(C)(C)C)C[C@@H]1N(C)C(=O)[C@@H](NC(=O)[C@@H](NC(=O)c1cnccn1)C1CCCCC1)C(C)(C)C)C(=O)C(=O)NCC(=O)N[C@H](C(=O)N(C)C)c1ccccc1. The van der Waals surface area contributed by atoms with Crippen molar-refractivity contribution in [3.8, 4) is 0 Å². The van der Waals surface area contributed by atoms with Crippen molar-refractivity contribution in [1.29, 1.82) is 0 Å². The molecule has 6 atom stereocenters. The van der Waals surface area contributed by atoms with E-state index in [0.717, 1.165) is 19.3 Å². The van der Waals surface area contributed by atoms with E-state index in [4.69, 9.17) is 4.74 Å². The molecule has 2 fully saturated rings. The highest BCUT2D eigenvalue weighted by atomic mass is 16.6. The molecule has 1 aromatic carbocycles. The van der Waals surface area contributed by atoms with E-state index in [1.54, 1.807) is 78.8 Å². The molecule has 0 bridgehead atoms. The number of Topliss-reactive ketones (excluding diaryl/α,β-unsaturated/α-hetero) is 1. The third-order valence-electron chi connectivity index (χ3n) is 12.0. The van der Waals surface area contributed by atoms with Crippen LogP contribution in [0.2, 0.25) is 0 Å². The number of carbonyl (C=O) groups excluding carboxylic acids is 9. The Morgan fingerprint density at radius 2 is 1.49 bits per heavy atom. The maximum atomic E-state index is 14.8. The Morgan fingerprint density at radius 3 is 2.06 bits per heavy atom. The van der Waals surface area contributed by atoms with E-state index in [2.05, 4.69) is 36.6 Å². The van der Waals surface area contributed by atoms with Gasteiger partial charge < -0.3 is 46.0 Å². The van der Waals surface area contributed by atoms with Crippen molar-refractivity contribution in [3.05, 3.63) is 60.2 Å². The predicted octanol–water partition coefficient (Wildman–Crippen LogP) is 2.30. The van der Waals surface area contributed by atoms with E-state index in [1.807, 2.05) is 0 Å². The second-order valence-corrected chi connectivity index (χ2v) is 19.8. The van der Waals surface area contributed by atoms with Gasteiger partial charge in [-0.2, -0.15) is 0 Å². The number of amides is 8. The molecular weight excluding hydrogens is 877 g/mol. The number of ether oxygens (including phenoxy) is 1. The molecule has 372 valence electrons. The summed E-state index contributed by atoms with van der Waals surface area (Å²) in [6.45, 7) is 11.1. The lowest BCUT2D eigenvalue weighted by atomic mass is 9.82. The Hall–Kier alpha value is -6.47. The molecule has 0 spiro atoms. The van der Waals surface area contributed by atoms with Crippen molar-refractivity contribution >= 4 is 53.2 Å². The van der Waals surface area contributed by atoms with Crippen LogP contribution in [-0.2, 0) is 38.3 Å². The molecule has 1 saturated carbocycles. The summed E-state index contributed by atoms with van der Waals surface area (Å²) in [5, 5.41) is 13.4. The first-order valence-electron chi connectivity index (χ1n) is 23.2. The first kappa shape index (κ1) is 54.1. The Bertz CT molecular complexity index is 2120. The van der Waals surface area contributed by atoms with Crippen LogP contribution in [0.4, 0.5) is 4.79 Å². The van der Waals surface area contributed by atoms with Crippen molar-refractivity contribution in [2.75, 3.05) is 40.8 Å². The maximum Gasteiger partial charge on any atom is 0.410 e. The van der Waals surface area contributed by atoms with Gasteiger partial charge in [-0.3, -0.25) is 43.3 Å². The van der Waals surface area contributed by atoms with E-state index in [0.29, 0.717) is 24.8 Å². The summed E-state index contributed by atoms with van der Waals surface area (Å²) in [5.74, 6) is -7.16. The molecule has 2 aromatic rings. The monoisotopic (exact) mass is 947 g/mol. The number of aromatic nitrogens is 2. The Kier molecular flexibility index (Phi) is 19.1. The number of rotatable bonds is 18. The zero-order valence-corrected chi connectivity index (χ0v) is 41.0. The van der Waals surface area contributed by atoms with Gasteiger partial charge >= 0.3 is 6.09 Å². The second kappa shape index (κ2) is 24.0. The Labute approximate surface area is 398 Å². The van der Waals surface area contributed by atoms with Crippen LogP contribution in [0.5, 0.6) is 0 Å². The van der Waals surface area contributed by atoms with Gasteiger partial charge in [0.25, 0.3) is 11.8 Å². The highest BCUT2D eigenvalue weighted by Gasteiger charge is 2.48. The predicted molar refractivity (Wildman–Crippen MR) is 250 cm³/mol. The summed E-state index contributed by atoms with van der Waals surface area (Å²) in [5.41, 5.74) is -1.26. The second-order valence-electron chi connectivity index (χ2n) is 19.8. The number of hydrogen-bond acceptors (Lipinski definition) is 12. The standard InChI is InChI=1S/C48H70N10O10/c1-11-18-32(38(60)43(64)51-26-35(59)53-37(44(65)56(8)9)30-21-16-13-17-22-30)52-40(61)31-27-58(46(67)68-48(5,6)7)28-34(31)57(10)45(66)39(47(2,3)4)55-42(63)36(29-19-14-12-15-20-29)54-41(62)33-25-49-23-24-50-33/h13,16-17,21-25,29,31-32,34,36-37,39H,11-12,14-15,18-20,26-28H2,1-10H3,(H,51,64)(H,52,61)(H,53,59)(H,54,62)(H,55,63)/t31-,32+,34+,36+,37+,39-/m1/s1. The van der Waals surface area contributed by atoms with Crippen LogP contribution in [0.25, 0.3) is 0 Å². The van der Waals surface area contributed by atoms with Gasteiger partial charge in [0.1, 0.15) is 29.4 Å². The zero-order chi connectivity index (χ0) is 50.5. The fraction of sp³-hybridized carbons (Fsp3) is 0.604. The number of carbonyl (C=O) groups is 9. The quantitative estimate of drug-likeness (QED) is 0.135. The van der Waals surface area contributed by atoms with Crippen molar-refractivity contribution in [2.24, 2.45) is 17.3 Å². The number of likely N-dealkylation sites (tertiary alicyclic amines) is 1. The molecule has 2 aliphatic rings. The van der Waals surface area contributed by atoms with Crippen molar-refractivity contribution < 1.29 is 47.9 Å². The van der Waals surface area contributed by atoms with Gasteiger partial charge in [-0.05, 0) is 56.9 Å². The average molecular weight is 947 g/mol. The van der Waals surface area contributed by atoms with Gasteiger partial charge in [0.05, 0.1) is 30.7 Å². The highest BCUT2D eigenvalue weighted by molar-refractivity contribution is 6.38. The molecule has 5 N–H and O–H groups in total. The molecule has 8 amide bonds. The normalized spacial score (nSPS) is 18.1. The molecule has 1 aromatic heterocycles. The summed E-state index contributed by atoms with van der Waals surface area (Å²) in [6, 6.07) is 2.93. The Balaban J connectivity index is 1.55. The number of benzene rings is 1. The summed E-state index contributed by atoms with van der Waals surface area (Å²) in [4.78, 5) is 135. The molecule has 0 radical (unpaired) electrons. The van der Waals surface area contributed by atoms with Crippen LogP contribution in [0.3, 0.4) is 0 Å². The number of nitrogens with one attached hydrogen (secondary N) is 5. The first-order valence-corrected chi connectivity index (χ1v) is 23.2. The topological polar surface area (TPSA) is 259 Å². The maximum absolute atomic E-state index is 14.8. The minimum absolute atomic E-state index is 0.0300. The molecule has 4 rings (SSSR count). The molecule has 2 heterocycles. The van der Waals surface area contributed by atoms with Gasteiger partial charge in [0.15, 0.2) is 0 Å². The number of hydrogen-bond donors (Lipinski definition) is 5. The van der Waals surface area contributed by atoms with Gasteiger partial charge in [-0.25, -0.2) is 9.78 Å². The summed E-state index contributed by atoms with van der Waals surface area (Å²) >= 11 is 0. The van der Waals surface area contributed by atoms with Crippen LogP contribution in [0, 0.1) is 17.3 Å². The summed E-state index contributed by atoms with van der Waals surface area (Å²) in [6.07, 6.45) is 7.83. The van der Waals surface area contributed by atoms with Gasteiger partial charge in [0.2, 0.25) is 35.3 Å². The van der Waals surface area contributed by atoms with Crippen molar-refractivity contribution in [3.63, 3.8) is 0 Å². The third-order valence-corrected chi connectivity index (χ3v) is 12.0. The zero-order valence-electron chi connectivity index (χ0n) is 41.0. The van der Waals surface area contributed by atoms with Gasteiger partial charge in [-0.1, -0.05) is 83.7 Å².